The van der Waals surface area contributed by atoms with Crippen molar-refractivity contribution in [3.63, 3.8) is 0 Å². The number of nitrogens with two attached hydrogens (primary N) is 2. The number of hydrogen-bond acceptors (Lipinski definition) is 16. The molecule has 0 fully saturated rings. The molecule has 2 aromatic carbocycles. The number of hydrogen-bond donors (Lipinski definition) is 16. The van der Waals surface area contributed by atoms with E-state index in [9.17, 15) is 72.9 Å². The van der Waals surface area contributed by atoms with Gasteiger partial charge in [-0.25, -0.2) is 4.79 Å². The Kier molecular flexibility index (Phi) is 35.4. The van der Waals surface area contributed by atoms with Crippen molar-refractivity contribution < 1.29 is 72.9 Å². The Bertz CT molecular complexity index is 2730. The number of benzene rings is 2. The number of rotatable bonds is 41. The van der Waals surface area contributed by atoms with Crippen LogP contribution in [0.4, 0.5) is 0 Å². The van der Waals surface area contributed by atoms with E-state index < -0.39 is 174 Å². The maximum Gasteiger partial charge on any atom is 0.326 e. The average molecular weight is 1290 g/mol. The standard InChI is InChI=1S/C64H103N13O15/c1-13-38(10)52(73-49(81)33-67-55(82)43(66)26-20-21-27-65)61(88)70-44(28-34(2)3)56(83)68-32-48(80)69-46(30-41-22-16-14-17-23-41)58(85)74-50(36(6)7)60(87)72-47(31-42-24-18-15-19-25-42)59(86)76-53(39(11)78)62(89)71-45(29-35(4)5)57(84)77-54(40(12)79)63(90)75-51(37(8)9)64(91)92/h14-19,22-25,34-40,43-47,50-54,78-79H,13,20-21,26-33,65-66H2,1-12H3,(H,67,82)(H,68,83)(H,69,80)(H,70,88)(H,71,89)(H,72,87)(H,73,81)(H,74,85)(H,75,90)(H,76,86)(H,77,84)(H,91,92)/t38-,39+,40+,43-,44-,45-,46-,47-,50-,51-,52-,53-,54-/m0/s1. The molecule has 92 heavy (non-hydrogen) atoms. The molecule has 0 aliphatic heterocycles. The monoisotopic (exact) mass is 1290 g/mol. The molecule has 28 nitrogen and oxygen atoms in total. The Hall–Kier alpha value is -8.08. The summed E-state index contributed by atoms with van der Waals surface area (Å²) in [6.45, 7) is 18.7. The molecular weight excluding hydrogens is 1190 g/mol. The Labute approximate surface area is 540 Å². The number of carbonyl (C=O) groups excluding carboxylic acids is 11. The van der Waals surface area contributed by atoms with Gasteiger partial charge >= 0.3 is 5.97 Å². The molecule has 0 saturated heterocycles. The second-order valence-electron chi connectivity index (χ2n) is 25.0. The molecule has 514 valence electrons. The minimum absolute atomic E-state index is 0.0407. The zero-order valence-corrected chi connectivity index (χ0v) is 55.3. The molecule has 18 N–H and O–H groups in total. The van der Waals surface area contributed by atoms with Gasteiger partial charge in [0.05, 0.1) is 31.3 Å². The molecule has 2 aromatic rings. The molecule has 0 aromatic heterocycles. The van der Waals surface area contributed by atoms with E-state index in [1.165, 1.54) is 13.8 Å². The molecular formula is C64H103N13O15. The number of carboxylic acid groups (broad SMARTS) is 1. The highest BCUT2D eigenvalue weighted by Crippen LogP contribution is 2.15. The van der Waals surface area contributed by atoms with Gasteiger partial charge in [0.25, 0.3) is 0 Å². The van der Waals surface area contributed by atoms with Gasteiger partial charge < -0.3 is 85.3 Å². The first-order valence-electron chi connectivity index (χ1n) is 31.6. The number of aliphatic carboxylic acids is 1. The Morgan fingerprint density at radius 1 is 0.424 bits per heavy atom. The fourth-order valence-corrected chi connectivity index (χ4v) is 9.57. The van der Waals surface area contributed by atoms with E-state index >= 15 is 0 Å². The molecule has 0 unspecified atom stereocenters. The largest absolute Gasteiger partial charge is 0.480 e. The van der Waals surface area contributed by atoms with Crippen molar-refractivity contribution in [3.8, 4) is 0 Å². The number of aliphatic hydroxyl groups excluding tert-OH is 2. The molecule has 28 heteroatoms. The van der Waals surface area contributed by atoms with E-state index in [1.807, 2.05) is 20.8 Å². The fraction of sp³-hybridized carbons (Fsp3) is 0.625. The van der Waals surface area contributed by atoms with E-state index in [4.69, 9.17) is 11.5 Å². The Morgan fingerprint density at radius 3 is 1.22 bits per heavy atom. The fourth-order valence-electron chi connectivity index (χ4n) is 9.57. The minimum atomic E-state index is -1.76. The summed E-state index contributed by atoms with van der Waals surface area (Å²) < 4.78 is 0. The first kappa shape index (κ1) is 80.0. The van der Waals surface area contributed by atoms with E-state index in [-0.39, 0.29) is 37.5 Å². The minimum Gasteiger partial charge on any atom is -0.480 e. The van der Waals surface area contributed by atoms with Crippen LogP contribution in [0.3, 0.4) is 0 Å². The van der Waals surface area contributed by atoms with E-state index in [1.54, 1.807) is 109 Å². The number of carboxylic acids is 1. The molecule has 0 spiro atoms. The highest BCUT2D eigenvalue weighted by molar-refractivity contribution is 5.99. The highest BCUT2D eigenvalue weighted by Gasteiger charge is 2.38. The van der Waals surface area contributed by atoms with Crippen LogP contribution in [0.5, 0.6) is 0 Å². The predicted octanol–water partition coefficient (Wildman–Crippen LogP) is -1.18. The molecule has 0 aliphatic carbocycles. The molecule has 2 rings (SSSR count). The van der Waals surface area contributed by atoms with Crippen molar-refractivity contribution in [2.45, 2.75) is 207 Å². The summed E-state index contributed by atoms with van der Waals surface area (Å²) in [4.78, 5) is 164. The first-order valence-corrected chi connectivity index (χ1v) is 31.6. The normalized spacial score (nSPS) is 15.6. The van der Waals surface area contributed by atoms with Gasteiger partial charge in [0, 0.05) is 12.8 Å². The maximum atomic E-state index is 14.5. The molecule has 0 radical (unpaired) electrons. The van der Waals surface area contributed by atoms with Crippen LogP contribution in [0.25, 0.3) is 0 Å². The molecule has 0 aliphatic rings. The van der Waals surface area contributed by atoms with Crippen LogP contribution >= 0.6 is 0 Å². The van der Waals surface area contributed by atoms with E-state index in [0.717, 1.165) is 0 Å². The molecule has 13 atom stereocenters. The van der Waals surface area contributed by atoms with Crippen molar-refractivity contribution in [2.75, 3.05) is 19.6 Å². The second kappa shape index (κ2) is 40.7. The van der Waals surface area contributed by atoms with Gasteiger partial charge in [0.2, 0.25) is 65.0 Å². The van der Waals surface area contributed by atoms with Gasteiger partial charge in [-0.05, 0) is 86.8 Å². The third-order valence-corrected chi connectivity index (χ3v) is 15.1. The number of amides is 11. The smallest absolute Gasteiger partial charge is 0.326 e. The Balaban J connectivity index is 2.39. The van der Waals surface area contributed by atoms with E-state index in [0.29, 0.717) is 43.4 Å². The lowest BCUT2D eigenvalue weighted by atomic mass is 9.96. The van der Waals surface area contributed by atoms with E-state index in [2.05, 4.69) is 58.5 Å². The van der Waals surface area contributed by atoms with Crippen molar-refractivity contribution in [1.29, 1.82) is 0 Å². The summed E-state index contributed by atoms with van der Waals surface area (Å²) in [7, 11) is 0. The SMILES string of the molecule is CC[C@H](C)[C@H](NC(=O)CNC(=O)[C@@H](N)CCCCN)C(=O)N[C@@H](CC(C)C)C(=O)NCC(=O)N[C@@H](Cc1ccccc1)C(=O)N[C@H](C(=O)N[C@@H](Cc1ccccc1)C(=O)N[C@H](C(=O)N[C@@H](CC(C)C)C(=O)N[C@H](C(=O)N[C@H](C(=O)O)C(C)C)[C@@H](C)O)[C@@H](C)O)C(C)C. The number of nitrogens with one attached hydrogen (secondary N) is 11. The molecule has 11 amide bonds. The zero-order chi connectivity index (χ0) is 69.5. The highest BCUT2D eigenvalue weighted by atomic mass is 16.4. The summed E-state index contributed by atoms with van der Waals surface area (Å²) >= 11 is 0. The van der Waals surface area contributed by atoms with Gasteiger partial charge in [0.1, 0.15) is 54.4 Å². The summed E-state index contributed by atoms with van der Waals surface area (Å²) in [6.07, 6.45) is -1.21. The Morgan fingerprint density at radius 2 is 0.793 bits per heavy atom. The molecule has 0 saturated carbocycles. The van der Waals surface area contributed by atoms with Crippen molar-refractivity contribution in [1.82, 2.24) is 58.5 Å². The summed E-state index contributed by atoms with van der Waals surface area (Å²) in [5.41, 5.74) is 12.6. The van der Waals surface area contributed by atoms with Gasteiger partial charge in [-0.15, -0.1) is 0 Å². The van der Waals surface area contributed by atoms with Crippen LogP contribution in [-0.2, 0) is 70.4 Å². The molecule has 0 bridgehead atoms. The third-order valence-electron chi connectivity index (χ3n) is 15.1. The topological polar surface area (TPSA) is 450 Å². The summed E-state index contributed by atoms with van der Waals surface area (Å²) in [5.74, 6) is -12.5. The van der Waals surface area contributed by atoms with Crippen LogP contribution < -0.4 is 70.0 Å². The third kappa shape index (κ3) is 28.6. The zero-order valence-electron chi connectivity index (χ0n) is 55.3. The van der Waals surface area contributed by atoms with Gasteiger partial charge in [-0.2, -0.15) is 0 Å². The number of unbranched alkanes of at least 4 members (excludes halogenated alkanes) is 1. The first-order chi connectivity index (χ1) is 43.2. The average Bonchev–Trinajstić information content (AvgIpc) is 1.22. The lowest BCUT2D eigenvalue weighted by molar-refractivity contribution is -0.144. The van der Waals surface area contributed by atoms with Crippen LogP contribution in [0.15, 0.2) is 60.7 Å². The van der Waals surface area contributed by atoms with Crippen molar-refractivity contribution in [3.05, 3.63) is 71.8 Å². The number of aliphatic hydroxyl groups is 2. The quantitative estimate of drug-likeness (QED) is 0.0349. The predicted molar refractivity (Wildman–Crippen MR) is 344 cm³/mol. The molecule has 0 heterocycles. The van der Waals surface area contributed by atoms with Crippen molar-refractivity contribution >= 4 is 70.9 Å². The maximum absolute atomic E-state index is 14.5. The number of carbonyl (C=O) groups is 12. The second-order valence-corrected chi connectivity index (χ2v) is 25.0. The van der Waals surface area contributed by atoms with Gasteiger partial charge in [-0.3, -0.25) is 52.7 Å². The lowest BCUT2D eigenvalue weighted by Crippen LogP contribution is -2.63. The van der Waals surface area contributed by atoms with Crippen LogP contribution in [0.1, 0.15) is 133 Å². The van der Waals surface area contributed by atoms with Crippen molar-refractivity contribution in [2.24, 2.45) is 41.1 Å². The summed E-state index contributed by atoms with van der Waals surface area (Å²) in [6, 6.07) is 3.47. The van der Waals surface area contributed by atoms with Crippen LogP contribution in [-0.4, -0.2) is 179 Å². The van der Waals surface area contributed by atoms with Gasteiger partial charge in [-0.1, -0.05) is 143 Å². The van der Waals surface area contributed by atoms with Crippen LogP contribution in [0.2, 0.25) is 0 Å². The summed E-state index contributed by atoms with van der Waals surface area (Å²) in [5, 5.41) is 59.3. The van der Waals surface area contributed by atoms with Crippen LogP contribution in [0, 0.1) is 29.6 Å². The van der Waals surface area contributed by atoms with Gasteiger partial charge in [0.15, 0.2) is 0 Å². The lowest BCUT2D eigenvalue weighted by Gasteiger charge is -2.30.